The van der Waals surface area contributed by atoms with Gasteiger partial charge in [0.15, 0.2) is 0 Å². The second-order valence-electron chi connectivity index (χ2n) is 6.70. The second kappa shape index (κ2) is 6.10. The Morgan fingerprint density at radius 1 is 1.35 bits per heavy atom. The number of carbonyl (C=O) groups is 1. The monoisotopic (exact) mass is 377 g/mol. The molecule has 4 rings (SSSR count). The molecule has 0 radical (unpaired) electrons. The van der Waals surface area contributed by atoms with E-state index in [1.54, 1.807) is 10.6 Å². The van der Waals surface area contributed by atoms with Crippen LogP contribution in [0.25, 0.3) is 10.9 Å². The highest BCUT2D eigenvalue weighted by atomic mass is 35.5. The van der Waals surface area contributed by atoms with Crippen LogP contribution >= 0.6 is 11.6 Å². The Kier molecular flexibility index (Phi) is 4.00. The second-order valence-corrected chi connectivity index (χ2v) is 7.16. The maximum Gasteiger partial charge on any atom is 0.341 e. The summed E-state index contributed by atoms with van der Waals surface area (Å²) in [6.07, 6.45) is 3.19. The first-order valence-corrected chi connectivity index (χ1v) is 8.71. The van der Waals surface area contributed by atoms with E-state index < -0.39 is 17.2 Å². The van der Waals surface area contributed by atoms with E-state index in [0.717, 1.165) is 24.5 Å². The van der Waals surface area contributed by atoms with Gasteiger partial charge in [0.25, 0.3) is 0 Å². The average Bonchev–Trinajstić information content (AvgIpc) is 3.39. The Labute approximate surface area is 153 Å². The van der Waals surface area contributed by atoms with Gasteiger partial charge in [-0.05, 0) is 30.5 Å². The summed E-state index contributed by atoms with van der Waals surface area (Å²) in [6, 6.07) is 2.92. The summed E-state index contributed by atoms with van der Waals surface area (Å²) in [5.41, 5.74) is 6.42. The molecule has 6 nitrogen and oxygen atoms in total. The van der Waals surface area contributed by atoms with Crippen molar-refractivity contribution < 1.29 is 14.3 Å². The third kappa shape index (κ3) is 2.68. The summed E-state index contributed by atoms with van der Waals surface area (Å²) in [6.45, 7) is 1.22. The third-order valence-electron chi connectivity index (χ3n) is 4.94. The van der Waals surface area contributed by atoms with Gasteiger partial charge in [0.2, 0.25) is 5.43 Å². The number of carboxylic acid groups (broad SMARTS) is 1. The number of rotatable bonds is 4. The number of pyridine rings is 1. The van der Waals surface area contributed by atoms with Crippen molar-refractivity contribution in [1.82, 2.24) is 4.57 Å². The van der Waals surface area contributed by atoms with Gasteiger partial charge in [-0.3, -0.25) is 4.79 Å². The zero-order valence-electron chi connectivity index (χ0n) is 13.8. The zero-order chi connectivity index (χ0) is 18.6. The maximum atomic E-state index is 14.7. The zero-order valence-corrected chi connectivity index (χ0v) is 14.6. The lowest BCUT2D eigenvalue weighted by molar-refractivity contribution is 0.0695. The fraction of sp³-hybridized carbons (Fsp3) is 0.333. The lowest BCUT2D eigenvalue weighted by Gasteiger charge is -2.37. The average molecular weight is 378 g/mol. The minimum Gasteiger partial charge on any atom is -0.477 e. The Morgan fingerprint density at radius 3 is 2.62 bits per heavy atom. The Bertz CT molecular complexity index is 1020. The van der Waals surface area contributed by atoms with Crippen LogP contribution in [0.15, 0.2) is 33.7 Å². The first kappa shape index (κ1) is 17.1. The Morgan fingerprint density at radius 2 is 2.04 bits per heavy atom. The van der Waals surface area contributed by atoms with Gasteiger partial charge in [-0.2, -0.15) is 0 Å². The van der Waals surface area contributed by atoms with Gasteiger partial charge >= 0.3 is 5.97 Å². The van der Waals surface area contributed by atoms with Gasteiger partial charge in [-0.15, -0.1) is 0 Å². The molecule has 1 aromatic heterocycles. The molecule has 26 heavy (non-hydrogen) atoms. The quantitative estimate of drug-likeness (QED) is 0.854. The van der Waals surface area contributed by atoms with Crippen LogP contribution in [-0.4, -0.2) is 35.3 Å². The molecule has 2 fully saturated rings. The smallest absolute Gasteiger partial charge is 0.341 e. The lowest BCUT2D eigenvalue weighted by atomic mass is 10.0. The van der Waals surface area contributed by atoms with E-state index in [0.29, 0.717) is 29.3 Å². The molecule has 1 aliphatic heterocycles. The number of hydrogen-bond donors (Lipinski definition) is 2. The molecule has 1 saturated carbocycles. The van der Waals surface area contributed by atoms with E-state index in [2.05, 4.69) is 0 Å². The molecule has 136 valence electrons. The van der Waals surface area contributed by atoms with Crippen LogP contribution < -0.4 is 16.1 Å². The fourth-order valence-corrected chi connectivity index (χ4v) is 3.43. The maximum absolute atomic E-state index is 14.7. The molecule has 0 amide bonds. The van der Waals surface area contributed by atoms with Crippen molar-refractivity contribution in [2.45, 2.75) is 18.9 Å². The van der Waals surface area contributed by atoms with Crippen molar-refractivity contribution in [2.75, 3.05) is 24.5 Å². The van der Waals surface area contributed by atoms with Crippen LogP contribution in [-0.2, 0) is 0 Å². The number of hydrogen-bond acceptors (Lipinski definition) is 4. The SMILES string of the molecule is NCC(Cl)=C1CN(c2cc3c(cc2F)c(=O)c(C(=O)O)cn3C2CC2)C1. The minimum atomic E-state index is -1.30. The van der Waals surface area contributed by atoms with E-state index >= 15 is 0 Å². The van der Waals surface area contributed by atoms with Gasteiger partial charge in [-0.1, -0.05) is 11.6 Å². The standard InChI is InChI=1S/C18H17ClFN3O3/c19-13(5-21)9-6-22(7-9)16-4-15-11(3-14(16)20)17(24)12(18(25)26)8-23(15)10-1-2-10/h3-4,8,10H,1-2,5-7,21H2,(H,25,26). The summed E-state index contributed by atoms with van der Waals surface area (Å²) in [5.74, 6) is -1.85. The van der Waals surface area contributed by atoms with Crippen molar-refractivity contribution >= 4 is 34.2 Å². The van der Waals surface area contributed by atoms with Crippen molar-refractivity contribution in [2.24, 2.45) is 5.73 Å². The van der Waals surface area contributed by atoms with Gasteiger partial charge in [0.05, 0.1) is 11.2 Å². The van der Waals surface area contributed by atoms with Crippen LogP contribution in [0.2, 0.25) is 0 Å². The predicted octanol–water partition coefficient (Wildman–Crippen LogP) is 2.45. The number of anilines is 1. The molecule has 0 unspecified atom stereocenters. The largest absolute Gasteiger partial charge is 0.477 e. The Hall–Kier alpha value is -2.38. The van der Waals surface area contributed by atoms with Crippen molar-refractivity contribution in [1.29, 1.82) is 0 Å². The number of halogens is 2. The summed E-state index contributed by atoms with van der Waals surface area (Å²) >= 11 is 6.03. The van der Waals surface area contributed by atoms with E-state index in [-0.39, 0.29) is 23.5 Å². The molecule has 0 atom stereocenters. The normalized spacial score (nSPS) is 16.7. The highest BCUT2D eigenvalue weighted by Crippen LogP contribution is 2.39. The number of carboxylic acids is 1. The first-order chi connectivity index (χ1) is 12.4. The number of aromatic carboxylic acids is 1. The number of aromatic nitrogens is 1. The molecular formula is C18H17ClFN3O3. The molecule has 0 bridgehead atoms. The van der Waals surface area contributed by atoms with Gasteiger partial charge in [0, 0.05) is 42.3 Å². The molecule has 2 aliphatic rings. The molecule has 1 saturated heterocycles. The highest BCUT2D eigenvalue weighted by Gasteiger charge is 2.30. The Balaban J connectivity index is 1.84. The van der Waals surface area contributed by atoms with Crippen molar-refractivity contribution in [3.05, 3.63) is 50.5 Å². The molecule has 1 aromatic carbocycles. The molecule has 3 N–H and O–H groups in total. The highest BCUT2D eigenvalue weighted by molar-refractivity contribution is 6.30. The van der Waals surface area contributed by atoms with E-state index in [9.17, 15) is 19.1 Å². The van der Waals surface area contributed by atoms with Gasteiger partial charge in [0.1, 0.15) is 11.4 Å². The topological polar surface area (TPSA) is 88.6 Å². The van der Waals surface area contributed by atoms with Gasteiger partial charge < -0.3 is 20.3 Å². The van der Waals surface area contributed by atoms with Crippen LogP contribution in [0.4, 0.5) is 10.1 Å². The molecule has 2 aromatic rings. The molecule has 2 heterocycles. The van der Waals surface area contributed by atoms with Crippen LogP contribution in [0.1, 0.15) is 29.2 Å². The number of nitrogens with two attached hydrogens (primary N) is 1. The number of nitrogens with zero attached hydrogens (tertiary/aromatic N) is 2. The molecule has 0 spiro atoms. The lowest BCUT2D eigenvalue weighted by Crippen LogP contribution is -2.41. The van der Waals surface area contributed by atoms with Crippen LogP contribution in [0.5, 0.6) is 0 Å². The number of fused-ring (bicyclic) bond motifs is 1. The van der Waals surface area contributed by atoms with Crippen LogP contribution in [0, 0.1) is 5.82 Å². The summed E-state index contributed by atoms with van der Waals surface area (Å²) < 4.78 is 16.4. The predicted molar refractivity (Wildman–Crippen MR) is 97.5 cm³/mol. The number of benzene rings is 1. The van der Waals surface area contributed by atoms with Crippen LogP contribution in [0.3, 0.4) is 0 Å². The van der Waals surface area contributed by atoms with Crippen molar-refractivity contribution in [3.8, 4) is 0 Å². The van der Waals surface area contributed by atoms with Crippen molar-refractivity contribution in [3.63, 3.8) is 0 Å². The molecule has 1 aliphatic carbocycles. The molecule has 8 heteroatoms. The van der Waals surface area contributed by atoms with E-state index in [4.69, 9.17) is 17.3 Å². The molecular weight excluding hydrogens is 361 g/mol. The first-order valence-electron chi connectivity index (χ1n) is 8.33. The minimum absolute atomic E-state index is 0.0920. The summed E-state index contributed by atoms with van der Waals surface area (Å²) in [5, 5.41) is 9.95. The fourth-order valence-electron chi connectivity index (χ4n) is 3.31. The summed E-state index contributed by atoms with van der Waals surface area (Å²) in [4.78, 5) is 25.6. The van der Waals surface area contributed by atoms with E-state index in [1.807, 2.05) is 4.90 Å². The van der Waals surface area contributed by atoms with E-state index in [1.165, 1.54) is 6.20 Å². The van der Waals surface area contributed by atoms with Gasteiger partial charge in [-0.25, -0.2) is 9.18 Å². The third-order valence-corrected chi connectivity index (χ3v) is 5.36. The summed E-state index contributed by atoms with van der Waals surface area (Å²) in [7, 11) is 0.